The molecular formula is C28H18F6N8O6. The quantitative estimate of drug-likeness (QED) is 0.166. The number of halogens is 6. The Kier molecular flexibility index (Phi) is 8.68. The van der Waals surface area contributed by atoms with E-state index < -0.39 is 59.1 Å². The van der Waals surface area contributed by atoms with Crippen LogP contribution >= 0.6 is 0 Å². The number of aliphatic hydroxyl groups excluding tert-OH is 1. The minimum atomic E-state index is -5.01. The number of hydrogen-bond acceptors (Lipinski definition) is 9. The van der Waals surface area contributed by atoms with Crippen molar-refractivity contribution in [3.8, 4) is 34.2 Å². The normalized spacial score (nSPS) is 11.8. The highest BCUT2D eigenvalue weighted by Crippen LogP contribution is 2.35. The van der Waals surface area contributed by atoms with E-state index in [9.17, 15) is 40.7 Å². The highest BCUT2D eigenvalue weighted by molar-refractivity contribution is 5.96. The third-order valence-corrected chi connectivity index (χ3v) is 6.60. The van der Waals surface area contributed by atoms with Gasteiger partial charge in [-0.05, 0) is 48.5 Å². The second kappa shape index (κ2) is 12.5. The number of carboxylic acids is 2. The zero-order valence-corrected chi connectivity index (χ0v) is 23.7. The van der Waals surface area contributed by atoms with Gasteiger partial charge in [0.25, 0.3) is 5.91 Å². The lowest BCUT2D eigenvalue weighted by atomic mass is 10.1. The maximum Gasteiger partial charge on any atom is 0.417 e. The van der Waals surface area contributed by atoms with Crippen molar-refractivity contribution < 1.29 is 56.0 Å². The van der Waals surface area contributed by atoms with Crippen LogP contribution in [-0.4, -0.2) is 81.3 Å². The predicted octanol–water partition coefficient (Wildman–Crippen LogP) is 3.73. The summed E-state index contributed by atoms with van der Waals surface area (Å²) in [4.78, 5) is 39.8. The van der Waals surface area contributed by atoms with Crippen molar-refractivity contribution in [2.24, 2.45) is 0 Å². The van der Waals surface area contributed by atoms with Crippen molar-refractivity contribution in [1.82, 2.24) is 40.3 Å². The molecule has 3 aromatic heterocycles. The maximum atomic E-state index is 13.6. The van der Waals surface area contributed by atoms with E-state index in [0.717, 1.165) is 46.0 Å². The molecule has 5 rings (SSSR count). The third-order valence-electron chi connectivity index (χ3n) is 6.60. The van der Waals surface area contributed by atoms with Gasteiger partial charge in [-0.25, -0.2) is 23.9 Å². The van der Waals surface area contributed by atoms with Crippen LogP contribution in [0.4, 0.5) is 26.3 Å². The molecule has 0 aliphatic carbocycles. The first-order valence-corrected chi connectivity index (χ1v) is 13.2. The first-order valence-electron chi connectivity index (χ1n) is 13.2. The summed E-state index contributed by atoms with van der Waals surface area (Å²) in [6.45, 7) is -0.541. The monoisotopic (exact) mass is 676 g/mol. The van der Waals surface area contributed by atoms with Crippen molar-refractivity contribution >= 4 is 17.8 Å². The van der Waals surface area contributed by atoms with Gasteiger partial charge in [0.1, 0.15) is 11.4 Å². The van der Waals surface area contributed by atoms with Crippen molar-refractivity contribution in [3.05, 3.63) is 88.7 Å². The van der Waals surface area contributed by atoms with Crippen molar-refractivity contribution in [2.45, 2.75) is 12.4 Å². The fourth-order valence-electron chi connectivity index (χ4n) is 4.40. The van der Waals surface area contributed by atoms with E-state index in [0.29, 0.717) is 12.1 Å². The molecule has 0 radical (unpaired) electrons. The van der Waals surface area contributed by atoms with Crippen LogP contribution in [-0.2, 0) is 12.4 Å². The van der Waals surface area contributed by atoms with Crippen molar-refractivity contribution in [2.75, 3.05) is 13.2 Å². The van der Waals surface area contributed by atoms with Gasteiger partial charge in [-0.2, -0.15) is 26.3 Å². The number of benzene rings is 2. The van der Waals surface area contributed by atoms with Gasteiger partial charge in [0.2, 0.25) is 0 Å². The summed E-state index contributed by atoms with van der Waals surface area (Å²) in [6, 6.07) is 7.24. The number of nitrogens with zero attached hydrogens (tertiary/aromatic N) is 7. The second-order valence-electron chi connectivity index (χ2n) is 9.77. The zero-order chi connectivity index (χ0) is 35.0. The number of amides is 1. The Bertz CT molecular complexity index is 1920. The van der Waals surface area contributed by atoms with Crippen LogP contribution in [0.25, 0.3) is 34.2 Å². The summed E-state index contributed by atoms with van der Waals surface area (Å²) in [5.41, 5.74) is -5.60. The van der Waals surface area contributed by atoms with E-state index in [1.54, 1.807) is 0 Å². The summed E-state index contributed by atoms with van der Waals surface area (Å²) in [5.74, 6) is -4.29. The van der Waals surface area contributed by atoms with Gasteiger partial charge < -0.3 is 20.6 Å². The van der Waals surface area contributed by atoms with Gasteiger partial charge in [-0.15, -0.1) is 10.2 Å². The molecule has 4 N–H and O–H groups in total. The van der Waals surface area contributed by atoms with Crippen LogP contribution in [0.5, 0.6) is 0 Å². The molecule has 0 aliphatic rings. The van der Waals surface area contributed by atoms with Gasteiger partial charge in [0, 0.05) is 12.1 Å². The first-order chi connectivity index (χ1) is 22.6. The average molecular weight is 676 g/mol. The number of aromatic carboxylic acids is 2. The summed E-state index contributed by atoms with van der Waals surface area (Å²) in [5, 5.41) is 45.3. The Balaban J connectivity index is 1.56. The van der Waals surface area contributed by atoms with E-state index in [1.165, 1.54) is 12.1 Å². The number of aliphatic hydroxyl groups is 1. The third kappa shape index (κ3) is 6.82. The van der Waals surface area contributed by atoms with Gasteiger partial charge in [-0.1, -0.05) is 10.4 Å². The number of carbonyl (C=O) groups excluding carboxylic acids is 1. The molecule has 0 fully saturated rings. The van der Waals surface area contributed by atoms with Crippen LogP contribution in [0, 0.1) is 0 Å². The van der Waals surface area contributed by atoms with Crippen molar-refractivity contribution in [3.63, 3.8) is 0 Å². The Morgan fingerprint density at radius 3 is 1.50 bits per heavy atom. The fraction of sp³-hybridized carbons (Fsp3) is 0.143. The van der Waals surface area contributed by atoms with Gasteiger partial charge >= 0.3 is 24.3 Å². The molecule has 0 aliphatic heterocycles. The smallest absolute Gasteiger partial charge is 0.417 e. The first kappa shape index (κ1) is 33.2. The number of rotatable bonds is 9. The van der Waals surface area contributed by atoms with Gasteiger partial charge in [-0.3, -0.25) is 4.79 Å². The fourth-order valence-corrected chi connectivity index (χ4v) is 4.40. The van der Waals surface area contributed by atoms with Crippen LogP contribution in [0.15, 0.2) is 60.9 Å². The standard InChI is InChI=1S/C28H18F6N8O6/c29-27(30,31)18-9-14(1-3-16(18)25(45)46)41-11-22(37-39-41)20-7-13(24(44)35-5-6-43)8-21(36-20)23-12-42(40-38-23)15-2-4-17(26(47)48)19(10-15)28(32,33)34/h1-4,7-12,43H,5-6H2,(H,35,44)(H,45,46)(H,47,48). The van der Waals surface area contributed by atoms with E-state index in [2.05, 4.69) is 30.9 Å². The zero-order valence-electron chi connectivity index (χ0n) is 23.7. The average Bonchev–Trinajstić information content (AvgIpc) is 3.73. The number of pyridine rings is 1. The summed E-state index contributed by atoms with van der Waals surface area (Å²) in [7, 11) is 0. The predicted molar refractivity (Wildman–Crippen MR) is 148 cm³/mol. The molecule has 1 amide bonds. The van der Waals surface area contributed by atoms with E-state index in [1.807, 2.05) is 0 Å². The van der Waals surface area contributed by atoms with Gasteiger partial charge in [0.05, 0.1) is 64.0 Å². The Morgan fingerprint density at radius 1 is 0.688 bits per heavy atom. The maximum absolute atomic E-state index is 13.6. The Morgan fingerprint density at radius 2 is 1.12 bits per heavy atom. The Hall–Kier alpha value is -6.18. The highest BCUT2D eigenvalue weighted by atomic mass is 19.4. The summed E-state index contributed by atoms with van der Waals surface area (Å²) in [6.07, 6.45) is -7.72. The largest absolute Gasteiger partial charge is 0.478 e. The SMILES string of the molecule is O=C(NCCO)c1cc(-c2cn(-c3ccc(C(=O)O)c(C(F)(F)F)c3)nn2)nc(-c2cn(-c3ccc(C(=O)O)c(C(F)(F)F)c3)nn2)c1. The summed E-state index contributed by atoms with van der Waals surface area (Å²) < 4.78 is 83.2. The molecule has 0 saturated heterocycles. The number of aromatic nitrogens is 7. The number of alkyl halides is 6. The lowest BCUT2D eigenvalue weighted by molar-refractivity contribution is -0.138. The molecule has 3 heterocycles. The van der Waals surface area contributed by atoms with Crippen LogP contribution in [0.3, 0.4) is 0 Å². The topological polar surface area (TPSA) is 198 Å². The molecule has 0 spiro atoms. The minimum Gasteiger partial charge on any atom is -0.478 e. The molecule has 5 aromatic rings. The number of carboxylic acid groups (broad SMARTS) is 2. The molecule has 0 atom stereocenters. The summed E-state index contributed by atoms with van der Waals surface area (Å²) >= 11 is 0. The molecule has 0 unspecified atom stereocenters. The highest BCUT2D eigenvalue weighted by Gasteiger charge is 2.37. The molecule has 2 aromatic carbocycles. The number of hydrogen-bond donors (Lipinski definition) is 4. The Labute approximate surface area is 262 Å². The van der Waals surface area contributed by atoms with Crippen LogP contribution in [0.1, 0.15) is 42.2 Å². The van der Waals surface area contributed by atoms with Crippen LogP contribution in [0.2, 0.25) is 0 Å². The molecule has 14 nitrogen and oxygen atoms in total. The molecule has 20 heteroatoms. The molecule has 0 bridgehead atoms. The van der Waals surface area contributed by atoms with E-state index >= 15 is 0 Å². The van der Waals surface area contributed by atoms with Gasteiger partial charge in [0.15, 0.2) is 0 Å². The number of carbonyl (C=O) groups is 3. The molecular weight excluding hydrogens is 658 g/mol. The second-order valence-corrected chi connectivity index (χ2v) is 9.77. The van der Waals surface area contributed by atoms with E-state index in [4.69, 9.17) is 15.3 Å². The molecule has 48 heavy (non-hydrogen) atoms. The lowest BCUT2D eigenvalue weighted by Gasteiger charge is -2.12. The molecule has 0 saturated carbocycles. The minimum absolute atomic E-state index is 0.0641. The van der Waals surface area contributed by atoms with Crippen LogP contribution < -0.4 is 5.32 Å². The van der Waals surface area contributed by atoms with Crippen molar-refractivity contribution in [1.29, 1.82) is 0 Å². The lowest BCUT2D eigenvalue weighted by Crippen LogP contribution is -2.26. The molecule has 248 valence electrons. The number of nitrogens with one attached hydrogen (secondary N) is 1. The van der Waals surface area contributed by atoms with E-state index in [-0.39, 0.29) is 46.3 Å².